The zero-order valence-corrected chi connectivity index (χ0v) is 17.7. The summed E-state index contributed by atoms with van der Waals surface area (Å²) in [7, 11) is 0. The van der Waals surface area contributed by atoms with Crippen LogP contribution in [0.2, 0.25) is 0 Å². The minimum absolute atomic E-state index is 0.452. The summed E-state index contributed by atoms with van der Waals surface area (Å²) in [4.78, 5) is 20.5. The van der Waals surface area contributed by atoms with E-state index in [9.17, 15) is 4.79 Å². The number of hydrogen-bond donors (Lipinski definition) is 3. The molecule has 0 saturated heterocycles. The fourth-order valence-corrected chi connectivity index (χ4v) is 2.54. The Morgan fingerprint density at radius 3 is 2.59 bits per heavy atom. The van der Waals surface area contributed by atoms with Crippen molar-refractivity contribution in [1.82, 2.24) is 20.2 Å². The molecule has 0 atom stereocenters. The number of benzene rings is 1. The lowest BCUT2D eigenvalue weighted by Gasteiger charge is -2.19. The van der Waals surface area contributed by atoms with E-state index < -0.39 is 11.7 Å². The third-order valence-corrected chi connectivity index (χ3v) is 3.84. The van der Waals surface area contributed by atoms with Crippen molar-refractivity contribution in [1.29, 1.82) is 0 Å². The second-order valence-corrected chi connectivity index (χ2v) is 7.56. The number of anilines is 1. The van der Waals surface area contributed by atoms with Gasteiger partial charge in [-0.25, -0.2) is 9.78 Å². The molecule has 0 radical (unpaired) electrons. The molecule has 0 aliphatic heterocycles. The van der Waals surface area contributed by atoms with Crippen molar-refractivity contribution in [3.05, 3.63) is 48.5 Å². The van der Waals surface area contributed by atoms with Gasteiger partial charge in [-0.1, -0.05) is 12.1 Å². The van der Waals surface area contributed by atoms with Crippen LogP contribution < -0.4 is 16.0 Å². The maximum atomic E-state index is 11.8. The molecule has 0 saturated carbocycles. The van der Waals surface area contributed by atoms with E-state index in [1.165, 1.54) is 0 Å². The Bertz CT molecular complexity index is 763. The van der Waals surface area contributed by atoms with Gasteiger partial charge in [0.25, 0.3) is 0 Å². The number of carbonyl (C=O) groups excluding carboxylic acids is 1. The number of nitrogens with one attached hydrogen (secondary N) is 3. The summed E-state index contributed by atoms with van der Waals surface area (Å²) in [5, 5.41) is 9.31. The van der Waals surface area contributed by atoms with Gasteiger partial charge in [0.1, 0.15) is 5.60 Å². The zero-order chi connectivity index (χ0) is 21.1. The Balaban J connectivity index is 1.78. The van der Waals surface area contributed by atoms with Crippen LogP contribution in [0.25, 0.3) is 0 Å². The van der Waals surface area contributed by atoms with E-state index >= 15 is 0 Å². The van der Waals surface area contributed by atoms with Gasteiger partial charge in [-0.2, -0.15) is 0 Å². The number of guanidine groups is 1. The molecule has 158 valence electrons. The first-order valence-electron chi connectivity index (χ1n) is 9.92. The van der Waals surface area contributed by atoms with Gasteiger partial charge in [0.05, 0.1) is 6.33 Å². The molecule has 1 heterocycles. The maximum Gasteiger partial charge on any atom is 0.412 e. The first-order chi connectivity index (χ1) is 13.9. The molecule has 0 aliphatic carbocycles. The molecule has 29 heavy (non-hydrogen) atoms. The Labute approximate surface area is 172 Å². The Morgan fingerprint density at radius 1 is 1.21 bits per heavy atom. The van der Waals surface area contributed by atoms with Crippen LogP contribution in [0.15, 0.2) is 48.0 Å². The molecule has 0 aliphatic rings. The van der Waals surface area contributed by atoms with E-state index in [-0.39, 0.29) is 0 Å². The second kappa shape index (κ2) is 11.1. The van der Waals surface area contributed by atoms with E-state index in [2.05, 4.69) is 25.9 Å². The molecular formula is C21H32N6O2. The molecule has 1 amide bonds. The van der Waals surface area contributed by atoms with E-state index in [4.69, 9.17) is 4.74 Å². The topological polar surface area (TPSA) is 92.6 Å². The average molecular weight is 401 g/mol. The van der Waals surface area contributed by atoms with Gasteiger partial charge in [0.15, 0.2) is 5.96 Å². The predicted molar refractivity (Wildman–Crippen MR) is 116 cm³/mol. The number of rotatable bonds is 8. The fourth-order valence-electron chi connectivity index (χ4n) is 2.54. The molecule has 1 aromatic heterocycles. The quantitative estimate of drug-likeness (QED) is 0.468. The van der Waals surface area contributed by atoms with Crippen LogP contribution in [-0.4, -0.2) is 46.8 Å². The minimum Gasteiger partial charge on any atom is -0.444 e. The van der Waals surface area contributed by atoms with Crippen molar-refractivity contribution in [2.75, 3.05) is 25.0 Å². The summed E-state index contributed by atoms with van der Waals surface area (Å²) in [6.07, 6.45) is 5.87. The summed E-state index contributed by atoms with van der Waals surface area (Å²) in [6.45, 7) is 10.6. The number of ether oxygens (including phenoxy) is 1. The lowest BCUT2D eigenvalue weighted by atomic mass is 10.1. The highest BCUT2D eigenvalue weighted by Crippen LogP contribution is 2.13. The SMILES string of the molecule is CCNC(=NCCc1ccc(NC(=O)OC(C)(C)C)cc1)NCCn1ccnc1. The molecule has 2 aromatic rings. The van der Waals surface area contributed by atoms with Crippen molar-refractivity contribution in [3.63, 3.8) is 0 Å². The molecule has 0 bridgehead atoms. The zero-order valence-electron chi connectivity index (χ0n) is 17.7. The number of aromatic nitrogens is 2. The molecule has 2 rings (SSSR count). The van der Waals surface area contributed by atoms with E-state index in [0.29, 0.717) is 12.2 Å². The highest BCUT2D eigenvalue weighted by atomic mass is 16.6. The molecule has 0 fully saturated rings. The molecule has 8 nitrogen and oxygen atoms in total. The van der Waals surface area contributed by atoms with Gasteiger partial charge in [-0.05, 0) is 51.8 Å². The van der Waals surface area contributed by atoms with Crippen molar-refractivity contribution >= 4 is 17.7 Å². The predicted octanol–water partition coefficient (Wildman–Crippen LogP) is 3.03. The van der Waals surface area contributed by atoms with Crippen LogP contribution in [0.1, 0.15) is 33.3 Å². The normalized spacial score (nSPS) is 11.8. The Kier molecular flexibility index (Phi) is 8.51. The van der Waals surface area contributed by atoms with Crippen molar-refractivity contribution in [3.8, 4) is 0 Å². The number of carbonyl (C=O) groups is 1. The molecule has 3 N–H and O–H groups in total. The van der Waals surface area contributed by atoms with Gasteiger partial charge >= 0.3 is 6.09 Å². The fraction of sp³-hybridized carbons (Fsp3) is 0.476. The smallest absolute Gasteiger partial charge is 0.412 e. The summed E-state index contributed by atoms with van der Waals surface area (Å²) in [5.41, 5.74) is 1.35. The molecule has 1 aromatic carbocycles. The van der Waals surface area contributed by atoms with Crippen molar-refractivity contribution < 1.29 is 9.53 Å². The van der Waals surface area contributed by atoms with E-state index in [1.54, 1.807) is 12.5 Å². The molecule has 8 heteroatoms. The summed E-state index contributed by atoms with van der Waals surface area (Å²) < 4.78 is 7.27. The average Bonchev–Trinajstić information content (AvgIpc) is 3.15. The van der Waals surface area contributed by atoms with Crippen molar-refractivity contribution in [2.45, 2.75) is 46.3 Å². The van der Waals surface area contributed by atoms with Crippen LogP contribution in [0.4, 0.5) is 10.5 Å². The van der Waals surface area contributed by atoms with E-state index in [0.717, 1.165) is 37.6 Å². The number of nitrogens with zero attached hydrogens (tertiary/aromatic N) is 3. The number of hydrogen-bond acceptors (Lipinski definition) is 4. The Morgan fingerprint density at radius 2 is 1.97 bits per heavy atom. The lowest BCUT2D eigenvalue weighted by Crippen LogP contribution is -2.39. The first-order valence-corrected chi connectivity index (χ1v) is 9.92. The largest absolute Gasteiger partial charge is 0.444 e. The summed E-state index contributed by atoms with van der Waals surface area (Å²) >= 11 is 0. The maximum absolute atomic E-state index is 11.8. The number of imidazole rings is 1. The third kappa shape index (κ3) is 9.14. The van der Waals surface area contributed by atoms with Crippen LogP contribution in [0.5, 0.6) is 0 Å². The summed E-state index contributed by atoms with van der Waals surface area (Å²) in [6, 6.07) is 7.72. The number of amides is 1. The van der Waals surface area contributed by atoms with Crippen LogP contribution in [0, 0.1) is 0 Å². The highest BCUT2D eigenvalue weighted by Gasteiger charge is 2.16. The Hall–Kier alpha value is -3.03. The lowest BCUT2D eigenvalue weighted by molar-refractivity contribution is 0.0636. The van der Waals surface area contributed by atoms with E-state index in [1.807, 2.05) is 62.7 Å². The van der Waals surface area contributed by atoms with Crippen LogP contribution >= 0.6 is 0 Å². The molecule has 0 spiro atoms. The standard InChI is InChI=1S/C21H32N6O2/c1-5-23-19(25-13-15-27-14-12-22-16-27)24-11-10-17-6-8-18(9-7-17)26-20(28)29-21(2,3)4/h6-9,12,14,16H,5,10-11,13,15H2,1-4H3,(H,26,28)(H2,23,24,25). The van der Waals surface area contributed by atoms with Gasteiger partial charge in [0.2, 0.25) is 0 Å². The van der Waals surface area contributed by atoms with Gasteiger partial charge in [-0.15, -0.1) is 0 Å². The van der Waals surface area contributed by atoms with Gasteiger partial charge in [0, 0.05) is 44.3 Å². The van der Waals surface area contributed by atoms with Gasteiger partial charge in [-0.3, -0.25) is 10.3 Å². The van der Waals surface area contributed by atoms with Crippen molar-refractivity contribution in [2.24, 2.45) is 4.99 Å². The molecular weight excluding hydrogens is 368 g/mol. The van der Waals surface area contributed by atoms with Crippen LogP contribution in [0.3, 0.4) is 0 Å². The third-order valence-electron chi connectivity index (χ3n) is 3.84. The second-order valence-electron chi connectivity index (χ2n) is 7.56. The van der Waals surface area contributed by atoms with Crippen LogP contribution in [-0.2, 0) is 17.7 Å². The summed E-state index contributed by atoms with van der Waals surface area (Å²) in [5.74, 6) is 0.802. The monoisotopic (exact) mass is 400 g/mol. The van der Waals surface area contributed by atoms with Gasteiger partial charge < -0.3 is 19.9 Å². The first kappa shape index (κ1) is 22.3. The molecule has 0 unspecified atom stereocenters. The highest BCUT2D eigenvalue weighted by molar-refractivity contribution is 5.84. The minimum atomic E-state index is -0.515. The number of aliphatic imine (C=N–C) groups is 1.